The van der Waals surface area contributed by atoms with Crippen LogP contribution in [0.2, 0.25) is 11.5 Å². The predicted octanol–water partition coefficient (Wildman–Crippen LogP) is 6.26. The first-order valence-electron chi connectivity index (χ1n) is 9.92. The van der Waals surface area contributed by atoms with E-state index in [1.54, 1.807) is 11.5 Å². The van der Waals surface area contributed by atoms with Crippen LogP contribution in [0.3, 0.4) is 0 Å². The number of unbranched alkanes of at least 4 members (excludes halogenated alkanes) is 3. The molecule has 1 aliphatic carbocycles. The van der Waals surface area contributed by atoms with E-state index in [-0.39, 0.29) is 0 Å². The van der Waals surface area contributed by atoms with Crippen molar-refractivity contribution in [3.05, 3.63) is 19.8 Å². The SMILES string of the molecule is CCCC[O][Zr]([O]CCCC)([O]CCCC)[C]1=[C]([Ge]([CH3])([CH3])[F])C=CC1. The third-order valence-corrected chi connectivity index (χ3v) is 16.6. The van der Waals surface area contributed by atoms with Crippen molar-refractivity contribution in [2.45, 2.75) is 77.2 Å². The van der Waals surface area contributed by atoms with Gasteiger partial charge in [-0.15, -0.1) is 0 Å². The summed E-state index contributed by atoms with van der Waals surface area (Å²) in [5.74, 6) is 3.59. The Morgan fingerprint density at radius 2 is 1.36 bits per heavy atom. The molecular formula is C19H37FGeO3Zr. The van der Waals surface area contributed by atoms with Crippen LogP contribution in [0.5, 0.6) is 0 Å². The molecule has 0 saturated heterocycles. The maximum atomic E-state index is 15.0. The number of hydrogen-bond acceptors (Lipinski definition) is 3. The van der Waals surface area contributed by atoms with E-state index in [0.717, 1.165) is 52.6 Å². The van der Waals surface area contributed by atoms with Crippen molar-refractivity contribution in [3.8, 4) is 0 Å². The molecule has 0 aliphatic heterocycles. The Morgan fingerprint density at radius 1 is 0.920 bits per heavy atom. The van der Waals surface area contributed by atoms with Gasteiger partial charge in [-0.3, -0.25) is 0 Å². The van der Waals surface area contributed by atoms with Crippen LogP contribution in [0, 0.1) is 0 Å². The molecule has 25 heavy (non-hydrogen) atoms. The molecule has 0 N–H and O–H groups in total. The molecule has 0 heterocycles. The van der Waals surface area contributed by atoms with E-state index in [4.69, 9.17) is 8.44 Å². The molecule has 0 unspecified atom stereocenters. The van der Waals surface area contributed by atoms with Crippen molar-refractivity contribution in [1.29, 1.82) is 0 Å². The normalized spacial score (nSPS) is 15.4. The van der Waals surface area contributed by atoms with Crippen LogP contribution in [0.1, 0.15) is 65.7 Å². The zero-order chi connectivity index (χ0) is 18.8. The fraction of sp³-hybridized carbons (Fsp3) is 0.789. The molecule has 0 bridgehead atoms. The van der Waals surface area contributed by atoms with Gasteiger partial charge >= 0.3 is 164 Å². The van der Waals surface area contributed by atoms with Crippen molar-refractivity contribution >= 4 is 13.7 Å². The molecule has 1 rings (SSSR count). The summed E-state index contributed by atoms with van der Waals surface area (Å²) < 4.78 is 36.2. The van der Waals surface area contributed by atoms with Gasteiger partial charge in [0.2, 0.25) is 0 Å². The van der Waals surface area contributed by atoms with Gasteiger partial charge in [0.15, 0.2) is 0 Å². The Kier molecular flexibility index (Phi) is 11.6. The van der Waals surface area contributed by atoms with Crippen molar-refractivity contribution < 1.29 is 33.5 Å². The Labute approximate surface area is 163 Å². The summed E-state index contributed by atoms with van der Waals surface area (Å²) in [4.78, 5) is 0. The minimum atomic E-state index is -3.95. The van der Waals surface area contributed by atoms with Crippen LogP contribution in [0.15, 0.2) is 19.8 Å². The molecule has 0 radical (unpaired) electrons. The molecule has 0 saturated carbocycles. The van der Waals surface area contributed by atoms with Crippen LogP contribution in [-0.2, 0) is 30.0 Å². The molecule has 3 nitrogen and oxygen atoms in total. The predicted molar refractivity (Wildman–Crippen MR) is 102 cm³/mol. The van der Waals surface area contributed by atoms with Crippen LogP contribution in [0.4, 0.5) is 3.50 Å². The van der Waals surface area contributed by atoms with Crippen molar-refractivity contribution in [2.75, 3.05) is 19.8 Å². The molecular weight excluding hydrogens is 459 g/mol. The van der Waals surface area contributed by atoms with Crippen LogP contribution < -0.4 is 0 Å². The average Bonchev–Trinajstić information content (AvgIpc) is 3.05. The first-order chi connectivity index (χ1) is 11.9. The summed E-state index contributed by atoms with van der Waals surface area (Å²) in [6.45, 7) is 8.42. The quantitative estimate of drug-likeness (QED) is 0.210. The second-order valence-electron chi connectivity index (χ2n) is 7.13. The number of hydrogen-bond donors (Lipinski definition) is 0. The average molecular weight is 496 g/mol. The third-order valence-electron chi connectivity index (χ3n) is 4.31. The van der Waals surface area contributed by atoms with Gasteiger partial charge in [0.1, 0.15) is 0 Å². The number of halogens is 1. The van der Waals surface area contributed by atoms with Gasteiger partial charge in [-0.25, -0.2) is 0 Å². The Bertz CT molecular complexity index is 420. The van der Waals surface area contributed by atoms with Crippen molar-refractivity contribution in [1.82, 2.24) is 0 Å². The second-order valence-corrected chi connectivity index (χ2v) is 20.8. The molecule has 146 valence electrons. The van der Waals surface area contributed by atoms with E-state index in [2.05, 4.69) is 26.8 Å². The van der Waals surface area contributed by atoms with Gasteiger partial charge in [0.05, 0.1) is 0 Å². The summed E-state index contributed by atoms with van der Waals surface area (Å²) in [5, 5.41) is 0. The van der Waals surface area contributed by atoms with E-state index < -0.39 is 35.3 Å². The van der Waals surface area contributed by atoms with E-state index >= 15 is 0 Å². The Hall–Kier alpha value is 0.716. The van der Waals surface area contributed by atoms with E-state index in [1.165, 1.54) is 0 Å². The second kappa shape index (κ2) is 12.2. The summed E-state index contributed by atoms with van der Waals surface area (Å²) in [7, 11) is 0. The molecule has 1 aliphatic rings. The maximum absolute atomic E-state index is 15.0. The zero-order valence-corrected chi connectivity index (χ0v) is 21.4. The van der Waals surface area contributed by atoms with Gasteiger partial charge in [0, 0.05) is 0 Å². The molecule has 0 aromatic rings. The minimum absolute atomic E-state index is 0.654. The molecule has 0 fully saturated rings. The summed E-state index contributed by atoms with van der Waals surface area (Å²) in [5.41, 5.74) is 0. The van der Waals surface area contributed by atoms with Gasteiger partial charge in [0.25, 0.3) is 0 Å². The Balaban J connectivity index is 3.14. The molecule has 0 aromatic carbocycles. The number of allylic oxidation sites excluding steroid dienone is 4. The fourth-order valence-corrected chi connectivity index (χ4v) is 18.2. The molecule has 0 spiro atoms. The fourth-order valence-electron chi connectivity index (χ4n) is 2.79. The van der Waals surface area contributed by atoms with Gasteiger partial charge < -0.3 is 0 Å². The van der Waals surface area contributed by atoms with Crippen LogP contribution >= 0.6 is 0 Å². The topological polar surface area (TPSA) is 27.7 Å². The Morgan fingerprint density at radius 3 is 1.72 bits per heavy atom. The van der Waals surface area contributed by atoms with Gasteiger partial charge in [-0.2, -0.15) is 0 Å². The molecule has 6 heteroatoms. The standard InChI is InChI=1S/C7H10FGe.3C4H9O.Zr/c1-9(2,8)7-5-3-4-6-7;3*1-2-3-4-5;/h3,5H,4H2,1-2H3;3*2-4H2,1H3;/q;3*-1;+3. The third kappa shape index (κ3) is 7.69. The van der Waals surface area contributed by atoms with E-state index in [0.29, 0.717) is 19.8 Å². The van der Waals surface area contributed by atoms with Crippen LogP contribution in [-0.4, -0.2) is 33.6 Å². The van der Waals surface area contributed by atoms with Crippen molar-refractivity contribution in [2.24, 2.45) is 0 Å². The zero-order valence-electron chi connectivity index (χ0n) is 16.8. The summed E-state index contributed by atoms with van der Waals surface area (Å²) >= 11 is -7.42. The van der Waals surface area contributed by atoms with Gasteiger partial charge in [-0.1, -0.05) is 0 Å². The summed E-state index contributed by atoms with van der Waals surface area (Å²) in [6.07, 6.45) is 11.0. The summed E-state index contributed by atoms with van der Waals surface area (Å²) in [6, 6.07) is 0. The van der Waals surface area contributed by atoms with E-state index in [9.17, 15) is 3.50 Å². The monoisotopic (exact) mass is 496 g/mol. The van der Waals surface area contributed by atoms with Crippen molar-refractivity contribution in [3.63, 3.8) is 0 Å². The molecule has 0 amide bonds. The first kappa shape index (κ1) is 23.8. The number of rotatable bonds is 14. The first-order valence-corrected chi connectivity index (χ1v) is 20.2. The van der Waals surface area contributed by atoms with Crippen LogP contribution in [0.25, 0.3) is 0 Å². The van der Waals surface area contributed by atoms with Gasteiger partial charge in [-0.05, 0) is 0 Å². The molecule has 0 aromatic heterocycles. The van der Waals surface area contributed by atoms with E-state index in [1.807, 2.05) is 6.08 Å². The molecule has 0 atom stereocenters.